The van der Waals surface area contributed by atoms with Crippen LogP contribution >= 0.6 is 0 Å². The molecule has 0 spiro atoms. The number of carbonyl (C=O) groups is 2. The second kappa shape index (κ2) is 5.57. The van der Waals surface area contributed by atoms with E-state index in [2.05, 4.69) is 13.8 Å². The van der Waals surface area contributed by atoms with Crippen molar-refractivity contribution in [3.8, 4) is 0 Å². The number of Topliss-reactive ketones (excluding diaryl/α,β-unsaturated/α-hetero) is 1. The van der Waals surface area contributed by atoms with Crippen molar-refractivity contribution in [2.75, 3.05) is 7.11 Å². The number of hydrogen-bond acceptors (Lipinski definition) is 3. The minimum absolute atomic E-state index is 0.00732. The van der Waals surface area contributed by atoms with E-state index in [1.807, 2.05) is 0 Å². The Morgan fingerprint density at radius 3 is 2.58 bits per heavy atom. The van der Waals surface area contributed by atoms with E-state index < -0.39 is 0 Å². The van der Waals surface area contributed by atoms with Crippen molar-refractivity contribution < 1.29 is 14.3 Å². The molecule has 0 heterocycles. The molecule has 7 atom stereocenters. The van der Waals surface area contributed by atoms with Gasteiger partial charge in [-0.25, -0.2) is 0 Å². The van der Waals surface area contributed by atoms with E-state index in [0.29, 0.717) is 29.5 Å². The molecule has 0 bridgehead atoms. The summed E-state index contributed by atoms with van der Waals surface area (Å²) in [5, 5.41) is 0. The van der Waals surface area contributed by atoms with Gasteiger partial charge in [-0.3, -0.25) is 9.59 Å². The Morgan fingerprint density at radius 2 is 1.83 bits per heavy atom. The molecule has 4 aliphatic carbocycles. The number of rotatable bonds is 1. The molecule has 2 unspecified atom stereocenters. The molecule has 0 N–H and O–H groups in total. The van der Waals surface area contributed by atoms with E-state index in [-0.39, 0.29) is 22.7 Å². The lowest BCUT2D eigenvalue weighted by Crippen LogP contribution is -2.56. The summed E-state index contributed by atoms with van der Waals surface area (Å²) in [7, 11) is 1.53. The molecule has 4 fully saturated rings. The predicted molar refractivity (Wildman–Crippen MR) is 92.2 cm³/mol. The highest BCUT2D eigenvalue weighted by Gasteiger charge is 2.62. The smallest absolute Gasteiger partial charge is 0.309 e. The van der Waals surface area contributed by atoms with Crippen molar-refractivity contribution >= 4 is 11.8 Å². The summed E-state index contributed by atoms with van der Waals surface area (Å²) in [4.78, 5) is 25.2. The minimum Gasteiger partial charge on any atom is -0.469 e. The van der Waals surface area contributed by atoms with Gasteiger partial charge in [0.1, 0.15) is 5.78 Å². The fourth-order valence-corrected chi connectivity index (χ4v) is 7.62. The van der Waals surface area contributed by atoms with Crippen molar-refractivity contribution in [1.29, 1.82) is 0 Å². The molecule has 4 aliphatic rings. The Kier molecular flexibility index (Phi) is 3.85. The molecule has 4 rings (SSSR count). The number of ether oxygens (including phenoxy) is 1. The Bertz CT molecular complexity index is 555. The van der Waals surface area contributed by atoms with Gasteiger partial charge in [-0.15, -0.1) is 0 Å². The van der Waals surface area contributed by atoms with E-state index in [1.165, 1.54) is 26.4 Å². The fraction of sp³-hybridized carbons (Fsp3) is 0.905. The fourth-order valence-electron chi connectivity index (χ4n) is 7.62. The quantitative estimate of drug-likeness (QED) is 0.669. The summed E-state index contributed by atoms with van der Waals surface area (Å²) in [6.45, 7) is 4.63. The molecular formula is C21H32O3. The summed E-state index contributed by atoms with van der Waals surface area (Å²) in [5.41, 5.74) is 0.0149. The SMILES string of the molecule is COC(=O)C1CC[C@H]2[C@@H]3CCC4CCCC(=O)[C@]4(C)[C@H]3CC[C@]12C. The lowest BCUT2D eigenvalue weighted by atomic mass is 9.44. The van der Waals surface area contributed by atoms with Crippen LogP contribution in [0.5, 0.6) is 0 Å². The van der Waals surface area contributed by atoms with Gasteiger partial charge in [0.15, 0.2) is 0 Å². The lowest BCUT2D eigenvalue weighted by Gasteiger charge is -2.59. The Labute approximate surface area is 145 Å². The van der Waals surface area contributed by atoms with E-state index >= 15 is 0 Å². The molecule has 0 aromatic heterocycles. The molecule has 0 saturated heterocycles. The van der Waals surface area contributed by atoms with Gasteiger partial charge in [0.2, 0.25) is 0 Å². The molecule has 0 amide bonds. The van der Waals surface area contributed by atoms with Crippen molar-refractivity contribution in [3.05, 3.63) is 0 Å². The molecule has 134 valence electrons. The maximum atomic E-state index is 12.9. The number of esters is 1. The van der Waals surface area contributed by atoms with Crippen molar-refractivity contribution in [3.63, 3.8) is 0 Å². The maximum Gasteiger partial charge on any atom is 0.309 e. The van der Waals surface area contributed by atoms with Crippen LogP contribution in [0.1, 0.15) is 71.6 Å². The largest absolute Gasteiger partial charge is 0.469 e. The Balaban J connectivity index is 1.65. The molecular weight excluding hydrogens is 300 g/mol. The number of hydrogen-bond donors (Lipinski definition) is 0. The zero-order valence-electron chi connectivity index (χ0n) is 15.5. The van der Waals surface area contributed by atoms with Gasteiger partial charge < -0.3 is 4.74 Å². The number of fused-ring (bicyclic) bond motifs is 5. The Hall–Kier alpha value is -0.860. The van der Waals surface area contributed by atoms with E-state index in [1.54, 1.807) is 0 Å². The average molecular weight is 332 g/mol. The highest BCUT2D eigenvalue weighted by atomic mass is 16.5. The second-order valence-electron chi connectivity index (χ2n) is 9.45. The first-order valence-corrected chi connectivity index (χ1v) is 10.0. The van der Waals surface area contributed by atoms with Crippen LogP contribution in [0.3, 0.4) is 0 Å². The monoisotopic (exact) mass is 332 g/mol. The van der Waals surface area contributed by atoms with Crippen molar-refractivity contribution in [2.24, 2.45) is 40.4 Å². The van der Waals surface area contributed by atoms with Gasteiger partial charge in [-0.1, -0.05) is 13.8 Å². The maximum absolute atomic E-state index is 12.9. The first-order chi connectivity index (χ1) is 11.4. The summed E-state index contributed by atoms with van der Waals surface area (Å²) in [6, 6.07) is 0. The highest BCUT2D eigenvalue weighted by molar-refractivity contribution is 5.86. The topological polar surface area (TPSA) is 43.4 Å². The van der Waals surface area contributed by atoms with Gasteiger partial charge in [-0.05, 0) is 80.5 Å². The summed E-state index contributed by atoms with van der Waals surface area (Å²) in [6.07, 6.45) is 9.98. The van der Waals surface area contributed by atoms with Crippen LogP contribution < -0.4 is 0 Å². The van der Waals surface area contributed by atoms with Gasteiger partial charge in [0.25, 0.3) is 0 Å². The summed E-state index contributed by atoms with van der Waals surface area (Å²) < 4.78 is 5.11. The minimum atomic E-state index is -0.0775. The molecule has 0 radical (unpaired) electrons. The number of ketones is 1. The first kappa shape index (κ1) is 16.6. The van der Waals surface area contributed by atoms with Gasteiger partial charge in [0.05, 0.1) is 13.0 Å². The first-order valence-electron chi connectivity index (χ1n) is 10.0. The zero-order valence-corrected chi connectivity index (χ0v) is 15.5. The van der Waals surface area contributed by atoms with Crippen LogP contribution in [0, 0.1) is 40.4 Å². The third-order valence-electron chi connectivity index (χ3n) is 8.95. The number of methoxy groups -OCH3 is 1. The van der Waals surface area contributed by atoms with Gasteiger partial charge in [0, 0.05) is 11.8 Å². The van der Waals surface area contributed by atoms with Crippen molar-refractivity contribution in [1.82, 2.24) is 0 Å². The summed E-state index contributed by atoms with van der Waals surface area (Å²) >= 11 is 0. The lowest BCUT2D eigenvalue weighted by molar-refractivity contribution is -0.162. The molecule has 4 saturated carbocycles. The molecule has 24 heavy (non-hydrogen) atoms. The van der Waals surface area contributed by atoms with Crippen molar-refractivity contribution in [2.45, 2.75) is 71.6 Å². The van der Waals surface area contributed by atoms with E-state index in [9.17, 15) is 9.59 Å². The third-order valence-corrected chi connectivity index (χ3v) is 8.95. The molecule has 0 aromatic carbocycles. The normalized spacial score (nSPS) is 50.6. The Morgan fingerprint density at radius 1 is 1.04 bits per heavy atom. The molecule has 3 nitrogen and oxygen atoms in total. The van der Waals surface area contributed by atoms with Gasteiger partial charge >= 0.3 is 5.97 Å². The van der Waals surface area contributed by atoms with Crippen LogP contribution in [-0.4, -0.2) is 18.9 Å². The highest BCUT2D eigenvalue weighted by Crippen LogP contribution is 2.66. The van der Waals surface area contributed by atoms with E-state index in [0.717, 1.165) is 38.5 Å². The van der Waals surface area contributed by atoms with Crippen LogP contribution in [0.15, 0.2) is 0 Å². The average Bonchev–Trinajstić information content (AvgIpc) is 2.92. The second-order valence-corrected chi connectivity index (χ2v) is 9.45. The van der Waals surface area contributed by atoms with Crippen LogP contribution in [-0.2, 0) is 14.3 Å². The molecule has 3 heteroatoms. The van der Waals surface area contributed by atoms with Gasteiger partial charge in [-0.2, -0.15) is 0 Å². The third kappa shape index (κ3) is 2.02. The standard InChI is InChI=1S/C21H32O3/c1-20-12-11-16-14(15(20)9-10-17(20)19(23)24-3)8-7-13-5-4-6-18(22)21(13,16)2/h13-17H,4-12H2,1-3H3/t13?,14-,15-,16-,17?,20-,21-/m0/s1. The number of carbonyl (C=O) groups excluding carboxylic acids is 2. The predicted octanol–water partition coefficient (Wildman–Crippen LogP) is 4.39. The van der Waals surface area contributed by atoms with Crippen LogP contribution in [0.25, 0.3) is 0 Å². The van der Waals surface area contributed by atoms with Crippen LogP contribution in [0.2, 0.25) is 0 Å². The molecule has 0 aromatic rings. The van der Waals surface area contributed by atoms with Crippen LogP contribution in [0.4, 0.5) is 0 Å². The molecule has 0 aliphatic heterocycles. The zero-order chi connectivity index (χ0) is 17.1. The van der Waals surface area contributed by atoms with E-state index in [4.69, 9.17) is 4.74 Å². The summed E-state index contributed by atoms with van der Waals surface area (Å²) in [5.74, 6) is 3.02.